The molecule has 20 heavy (non-hydrogen) atoms. The van der Waals surface area contributed by atoms with Gasteiger partial charge >= 0.3 is 0 Å². The van der Waals surface area contributed by atoms with E-state index in [9.17, 15) is 4.79 Å². The summed E-state index contributed by atoms with van der Waals surface area (Å²) in [6.07, 6.45) is 5.32. The highest BCUT2D eigenvalue weighted by Gasteiger charge is 2.24. The van der Waals surface area contributed by atoms with Crippen LogP contribution in [0, 0.1) is 5.92 Å². The first-order valence-corrected chi connectivity index (χ1v) is 7.11. The van der Waals surface area contributed by atoms with Crippen LogP contribution in [0.15, 0.2) is 36.8 Å². The Hall–Kier alpha value is -1.81. The van der Waals surface area contributed by atoms with Crippen molar-refractivity contribution in [1.82, 2.24) is 14.9 Å². The SMILES string of the molecule is O=C(NCc1ccc(Cl)cc1)C1CCn2cncc2C1. The van der Waals surface area contributed by atoms with Crippen molar-refractivity contribution < 1.29 is 4.79 Å². The van der Waals surface area contributed by atoms with Crippen LogP contribution in [0.5, 0.6) is 0 Å². The summed E-state index contributed by atoms with van der Waals surface area (Å²) in [6, 6.07) is 7.53. The third-order valence-corrected chi connectivity index (χ3v) is 3.98. The first kappa shape index (κ1) is 13.2. The van der Waals surface area contributed by atoms with Gasteiger partial charge in [0.2, 0.25) is 5.91 Å². The van der Waals surface area contributed by atoms with Gasteiger partial charge in [-0.05, 0) is 24.1 Å². The van der Waals surface area contributed by atoms with Gasteiger partial charge in [-0.2, -0.15) is 0 Å². The topological polar surface area (TPSA) is 46.9 Å². The average molecular weight is 290 g/mol. The molecule has 1 aromatic heterocycles. The van der Waals surface area contributed by atoms with Crippen LogP contribution in [0.25, 0.3) is 0 Å². The lowest BCUT2D eigenvalue weighted by Gasteiger charge is -2.23. The number of nitrogens with one attached hydrogen (secondary N) is 1. The van der Waals surface area contributed by atoms with Crippen molar-refractivity contribution in [2.45, 2.75) is 25.9 Å². The summed E-state index contributed by atoms with van der Waals surface area (Å²) >= 11 is 5.84. The van der Waals surface area contributed by atoms with E-state index in [1.807, 2.05) is 36.8 Å². The summed E-state index contributed by atoms with van der Waals surface area (Å²) in [6.45, 7) is 1.42. The van der Waals surface area contributed by atoms with E-state index in [-0.39, 0.29) is 11.8 Å². The normalized spacial score (nSPS) is 17.6. The fraction of sp³-hybridized carbons (Fsp3) is 0.333. The van der Waals surface area contributed by atoms with E-state index in [1.165, 1.54) is 0 Å². The summed E-state index contributed by atoms with van der Waals surface area (Å²) in [4.78, 5) is 16.3. The van der Waals surface area contributed by atoms with Gasteiger partial charge in [0.25, 0.3) is 0 Å². The molecule has 0 radical (unpaired) electrons. The molecule has 4 nitrogen and oxygen atoms in total. The fourth-order valence-electron chi connectivity index (χ4n) is 2.53. The molecule has 0 aliphatic carbocycles. The van der Waals surface area contributed by atoms with Crippen molar-refractivity contribution in [3.8, 4) is 0 Å². The maximum atomic E-state index is 12.2. The van der Waals surface area contributed by atoms with Crippen LogP contribution in [-0.2, 0) is 24.3 Å². The highest BCUT2D eigenvalue weighted by atomic mass is 35.5. The second kappa shape index (κ2) is 5.67. The number of halogens is 1. The van der Waals surface area contributed by atoms with Crippen molar-refractivity contribution in [2.24, 2.45) is 5.92 Å². The molecule has 0 bridgehead atoms. The molecule has 5 heteroatoms. The average Bonchev–Trinajstić information content (AvgIpc) is 2.93. The van der Waals surface area contributed by atoms with Crippen molar-refractivity contribution >= 4 is 17.5 Å². The molecule has 0 saturated heterocycles. The maximum absolute atomic E-state index is 12.2. The number of amides is 1. The summed E-state index contributed by atoms with van der Waals surface area (Å²) < 4.78 is 2.11. The predicted molar refractivity (Wildman–Crippen MR) is 77.3 cm³/mol. The Morgan fingerprint density at radius 1 is 1.40 bits per heavy atom. The van der Waals surface area contributed by atoms with E-state index in [1.54, 1.807) is 0 Å². The lowest BCUT2D eigenvalue weighted by Crippen LogP contribution is -2.34. The Bertz CT molecular complexity index is 606. The minimum atomic E-state index is 0.0477. The van der Waals surface area contributed by atoms with Crippen LogP contribution in [0.2, 0.25) is 5.02 Å². The lowest BCUT2D eigenvalue weighted by atomic mass is 9.95. The summed E-state index contributed by atoms with van der Waals surface area (Å²) in [5.74, 6) is 0.166. The van der Waals surface area contributed by atoms with Crippen LogP contribution >= 0.6 is 11.6 Å². The Labute approximate surface area is 122 Å². The van der Waals surface area contributed by atoms with Crippen molar-refractivity contribution in [1.29, 1.82) is 0 Å². The molecule has 0 spiro atoms. The molecule has 0 saturated carbocycles. The van der Waals surface area contributed by atoms with Gasteiger partial charge in [0.1, 0.15) is 0 Å². The van der Waals surface area contributed by atoms with Gasteiger partial charge in [-0.25, -0.2) is 4.98 Å². The summed E-state index contributed by atoms with van der Waals surface area (Å²) in [5.41, 5.74) is 2.20. The van der Waals surface area contributed by atoms with E-state index < -0.39 is 0 Å². The predicted octanol–water partition coefficient (Wildman–Crippen LogP) is 2.42. The number of hydrogen-bond donors (Lipinski definition) is 1. The lowest BCUT2D eigenvalue weighted by molar-refractivity contribution is -0.125. The van der Waals surface area contributed by atoms with Crippen LogP contribution in [0.3, 0.4) is 0 Å². The number of hydrogen-bond acceptors (Lipinski definition) is 2. The smallest absolute Gasteiger partial charge is 0.223 e. The molecular weight excluding hydrogens is 274 g/mol. The zero-order chi connectivity index (χ0) is 13.9. The Morgan fingerprint density at radius 2 is 2.20 bits per heavy atom. The van der Waals surface area contributed by atoms with Gasteiger partial charge in [-0.1, -0.05) is 23.7 Å². The molecule has 1 N–H and O–H groups in total. The molecule has 1 aliphatic rings. The third kappa shape index (κ3) is 2.85. The first-order chi connectivity index (χ1) is 9.72. The Morgan fingerprint density at radius 3 is 3.00 bits per heavy atom. The van der Waals surface area contributed by atoms with Crippen LogP contribution in [-0.4, -0.2) is 15.5 Å². The van der Waals surface area contributed by atoms with E-state index in [4.69, 9.17) is 11.6 Å². The highest BCUT2D eigenvalue weighted by molar-refractivity contribution is 6.30. The van der Waals surface area contributed by atoms with E-state index in [0.29, 0.717) is 11.6 Å². The number of fused-ring (bicyclic) bond motifs is 1. The molecule has 2 heterocycles. The second-order valence-electron chi connectivity index (χ2n) is 5.11. The minimum absolute atomic E-state index is 0.0477. The molecule has 104 valence electrons. The van der Waals surface area contributed by atoms with Gasteiger partial charge in [-0.15, -0.1) is 0 Å². The molecule has 1 atom stereocenters. The second-order valence-corrected chi connectivity index (χ2v) is 5.55. The molecule has 3 rings (SSSR count). The van der Waals surface area contributed by atoms with Gasteiger partial charge in [-0.3, -0.25) is 4.79 Å². The fourth-order valence-corrected chi connectivity index (χ4v) is 2.65. The third-order valence-electron chi connectivity index (χ3n) is 3.72. The standard InChI is InChI=1S/C15H16ClN3O/c16-13-3-1-11(2-4-13)8-18-15(20)12-5-6-19-10-17-9-14(19)7-12/h1-4,9-10,12H,5-8H2,(H,18,20). The van der Waals surface area contributed by atoms with Crippen LogP contribution < -0.4 is 5.32 Å². The number of aromatic nitrogens is 2. The quantitative estimate of drug-likeness (QED) is 0.943. The van der Waals surface area contributed by atoms with Gasteiger partial charge in [0, 0.05) is 42.3 Å². The van der Waals surface area contributed by atoms with Crippen LogP contribution in [0.1, 0.15) is 17.7 Å². The number of aryl methyl sites for hydroxylation is 1. The number of rotatable bonds is 3. The number of nitrogens with zero attached hydrogens (tertiary/aromatic N) is 2. The number of imidazole rings is 1. The van der Waals surface area contributed by atoms with Gasteiger partial charge < -0.3 is 9.88 Å². The zero-order valence-corrected chi connectivity index (χ0v) is 11.8. The van der Waals surface area contributed by atoms with E-state index >= 15 is 0 Å². The first-order valence-electron chi connectivity index (χ1n) is 6.73. The molecular formula is C15H16ClN3O. The minimum Gasteiger partial charge on any atom is -0.352 e. The van der Waals surface area contributed by atoms with E-state index in [0.717, 1.165) is 30.6 Å². The number of benzene rings is 1. The van der Waals surface area contributed by atoms with Crippen LogP contribution in [0.4, 0.5) is 0 Å². The van der Waals surface area contributed by atoms with Crippen molar-refractivity contribution in [2.75, 3.05) is 0 Å². The van der Waals surface area contributed by atoms with E-state index in [2.05, 4.69) is 14.9 Å². The molecule has 2 aromatic rings. The van der Waals surface area contributed by atoms with Crippen molar-refractivity contribution in [3.63, 3.8) is 0 Å². The molecule has 0 fully saturated rings. The Kier molecular flexibility index (Phi) is 3.74. The van der Waals surface area contributed by atoms with Gasteiger partial charge in [0.05, 0.1) is 6.33 Å². The maximum Gasteiger partial charge on any atom is 0.223 e. The molecule has 1 aliphatic heterocycles. The summed E-state index contributed by atoms with van der Waals surface area (Å²) in [5, 5.41) is 3.71. The largest absolute Gasteiger partial charge is 0.352 e. The number of carbonyl (C=O) groups excluding carboxylic acids is 1. The molecule has 1 aromatic carbocycles. The number of carbonyl (C=O) groups is 1. The molecule has 1 unspecified atom stereocenters. The Balaban J connectivity index is 1.56. The van der Waals surface area contributed by atoms with Crippen molar-refractivity contribution in [3.05, 3.63) is 53.1 Å². The molecule has 1 amide bonds. The monoisotopic (exact) mass is 289 g/mol. The zero-order valence-electron chi connectivity index (χ0n) is 11.1. The highest BCUT2D eigenvalue weighted by Crippen LogP contribution is 2.20. The van der Waals surface area contributed by atoms with Gasteiger partial charge in [0.15, 0.2) is 0 Å². The summed E-state index contributed by atoms with van der Waals surface area (Å²) in [7, 11) is 0.